The average Bonchev–Trinajstić information content (AvgIpc) is 3.02. The highest BCUT2D eigenvalue weighted by molar-refractivity contribution is 7.16. The number of anilines is 1. The number of esters is 1. The van der Waals surface area contributed by atoms with E-state index in [9.17, 15) is 9.59 Å². The predicted octanol–water partition coefficient (Wildman–Crippen LogP) is 5.18. The molecule has 6 heteroatoms. The normalized spacial score (nSPS) is 10.8. The van der Waals surface area contributed by atoms with Gasteiger partial charge in [-0.05, 0) is 37.5 Å². The first-order valence-electron chi connectivity index (χ1n) is 10.3. The van der Waals surface area contributed by atoms with Crippen LogP contribution < -0.4 is 5.32 Å². The number of nitrogens with zero attached hydrogens (tertiary/aromatic N) is 1. The van der Waals surface area contributed by atoms with Crippen LogP contribution in [0.25, 0.3) is 0 Å². The van der Waals surface area contributed by atoms with Gasteiger partial charge in [-0.2, -0.15) is 0 Å². The first-order valence-corrected chi connectivity index (χ1v) is 11.2. The number of carbonyl (C=O) groups is 2. The fourth-order valence-electron chi connectivity index (χ4n) is 3.38. The summed E-state index contributed by atoms with van der Waals surface area (Å²) in [6.45, 7) is 7.40. The molecule has 1 N–H and O–H groups in total. The summed E-state index contributed by atoms with van der Waals surface area (Å²) in [7, 11) is 0. The zero-order valence-corrected chi connectivity index (χ0v) is 19.0. The van der Waals surface area contributed by atoms with E-state index >= 15 is 0 Å². The standard InChI is InChI=1S/C25H28N2O3S/c1-4-30-25(29)23-18(2)19(3)31-24(23)26-22(28)17-27(15-20-11-7-5-8-12-20)16-21-13-9-6-10-14-21/h5-14H,4,15-17H2,1-3H3,(H,26,28). The lowest BCUT2D eigenvalue weighted by Crippen LogP contribution is -2.32. The van der Waals surface area contributed by atoms with E-state index in [2.05, 4.69) is 34.5 Å². The molecule has 3 rings (SSSR count). The second kappa shape index (κ2) is 10.9. The Balaban J connectivity index is 1.76. The monoisotopic (exact) mass is 436 g/mol. The number of hydrogen-bond acceptors (Lipinski definition) is 5. The minimum Gasteiger partial charge on any atom is -0.462 e. The minimum atomic E-state index is -0.398. The third kappa shape index (κ3) is 6.26. The molecule has 0 atom stereocenters. The van der Waals surface area contributed by atoms with Crippen LogP contribution in [0.15, 0.2) is 60.7 Å². The number of thiophene rings is 1. The van der Waals surface area contributed by atoms with Crippen molar-refractivity contribution >= 4 is 28.2 Å². The molecule has 0 aliphatic carbocycles. The Morgan fingerprint density at radius 2 is 1.48 bits per heavy atom. The van der Waals surface area contributed by atoms with E-state index < -0.39 is 5.97 Å². The van der Waals surface area contributed by atoms with E-state index in [1.54, 1.807) is 6.92 Å². The fraction of sp³-hybridized carbons (Fsp3) is 0.280. The third-order valence-electron chi connectivity index (χ3n) is 4.98. The summed E-state index contributed by atoms with van der Waals surface area (Å²) in [5.74, 6) is -0.552. The molecule has 0 spiro atoms. The van der Waals surface area contributed by atoms with Gasteiger partial charge >= 0.3 is 5.97 Å². The van der Waals surface area contributed by atoms with Crippen molar-refractivity contribution in [3.05, 3.63) is 87.8 Å². The van der Waals surface area contributed by atoms with Gasteiger partial charge < -0.3 is 10.1 Å². The second-order valence-electron chi connectivity index (χ2n) is 7.37. The van der Waals surface area contributed by atoms with Gasteiger partial charge in [0.1, 0.15) is 5.00 Å². The van der Waals surface area contributed by atoms with Gasteiger partial charge in [-0.1, -0.05) is 60.7 Å². The van der Waals surface area contributed by atoms with Gasteiger partial charge in [-0.3, -0.25) is 9.69 Å². The van der Waals surface area contributed by atoms with Gasteiger partial charge in [0, 0.05) is 18.0 Å². The van der Waals surface area contributed by atoms with Gasteiger partial charge in [0.2, 0.25) is 5.91 Å². The molecule has 0 aliphatic heterocycles. The molecule has 0 aliphatic rings. The smallest absolute Gasteiger partial charge is 0.341 e. The first-order chi connectivity index (χ1) is 15.0. The summed E-state index contributed by atoms with van der Waals surface area (Å²) in [5, 5.41) is 3.50. The topological polar surface area (TPSA) is 58.6 Å². The highest BCUT2D eigenvalue weighted by Gasteiger charge is 2.23. The number of carbonyl (C=O) groups excluding carboxylic acids is 2. The lowest BCUT2D eigenvalue weighted by atomic mass is 10.1. The van der Waals surface area contributed by atoms with Crippen molar-refractivity contribution in [1.82, 2.24) is 4.90 Å². The van der Waals surface area contributed by atoms with Crippen LogP contribution in [-0.2, 0) is 22.6 Å². The zero-order valence-electron chi connectivity index (χ0n) is 18.2. The molecule has 0 unspecified atom stereocenters. The molecule has 0 bridgehead atoms. The number of rotatable bonds is 9. The highest BCUT2D eigenvalue weighted by Crippen LogP contribution is 2.33. The van der Waals surface area contributed by atoms with Gasteiger partial charge in [0.25, 0.3) is 0 Å². The Bertz CT molecular complexity index is 975. The fourth-order valence-corrected chi connectivity index (χ4v) is 4.45. The number of amides is 1. The zero-order chi connectivity index (χ0) is 22.2. The Morgan fingerprint density at radius 3 is 2.00 bits per heavy atom. The molecular formula is C25H28N2O3S. The number of hydrogen-bond donors (Lipinski definition) is 1. The van der Waals surface area contributed by atoms with E-state index in [0.717, 1.165) is 21.6 Å². The Hall–Kier alpha value is -2.96. The highest BCUT2D eigenvalue weighted by atomic mass is 32.1. The van der Waals surface area contributed by atoms with E-state index in [1.165, 1.54) is 11.3 Å². The maximum atomic E-state index is 13.0. The predicted molar refractivity (Wildman–Crippen MR) is 125 cm³/mol. The molecule has 0 fully saturated rings. The molecule has 0 saturated heterocycles. The Morgan fingerprint density at radius 1 is 0.935 bits per heavy atom. The molecule has 0 saturated carbocycles. The molecule has 162 valence electrons. The molecule has 1 amide bonds. The van der Waals surface area contributed by atoms with Crippen molar-refractivity contribution in [2.24, 2.45) is 0 Å². The minimum absolute atomic E-state index is 0.154. The molecule has 31 heavy (non-hydrogen) atoms. The summed E-state index contributed by atoms with van der Waals surface area (Å²) in [4.78, 5) is 28.5. The molecule has 3 aromatic rings. The summed E-state index contributed by atoms with van der Waals surface area (Å²) in [5.41, 5.74) is 3.59. The molecule has 1 heterocycles. The van der Waals surface area contributed by atoms with Crippen molar-refractivity contribution in [3.8, 4) is 0 Å². The maximum Gasteiger partial charge on any atom is 0.341 e. The second-order valence-corrected chi connectivity index (χ2v) is 8.60. The average molecular weight is 437 g/mol. The maximum absolute atomic E-state index is 13.0. The number of ether oxygens (including phenoxy) is 1. The van der Waals surface area contributed by atoms with Gasteiger partial charge in [0.05, 0.1) is 18.7 Å². The molecule has 5 nitrogen and oxygen atoms in total. The van der Waals surface area contributed by atoms with E-state index in [-0.39, 0.29) is 12.5 Å². The summed E-state index contributed by atoms with van der Waals surface area (Å²) < 4.78 is 5.19. The van der Waals surface area contributed by atoms with Crippen molar-refractivity contribution in [2.45, 2.75) is 33.9 Å². The third-order valence-corrected chi connectivity index (χ3v) is 6.11. The molecular weight excluding hydrogens is 408 g/mol. The first kappa shape index (κ1) is 22.7. The van der Waals surface area contributed by atoms with Gasteiger partial charge in [-0.25, -0.2) is 4.79 Å². The van der Waals surface area contributed by atoms with E-state index in [4.69, 9.17) is 4.74 Å². The number of aryl methyl sites for hydroxylation is 1. The van der Waals surface area contributed by atoms with Crippen molar-refractivity contribution < 1.29 is 14.3 Å². The number of benzene rings is 2. The number of nitrogens with one attached hydrogen (secondary N) is 1. The van der Waals surface area contributed by atoms with E-state index in [0.29, 0.717) is 30.3 Å². The van der Waals surface area contributed by atoms with Crippen molar-refractivity contribution in [3.63, 3.8) is 0 Å². The summed E-state index contributed by atoms with van der Waals surface area (Å²) >= 11 is 1.41. The van der Waals surface area contributed by atoms with Crippen molar-refractivity contribution in [2.75, 3.05) is 18.5 Å². The lowest BCUT2D eigenvalue weighted by molar-refractivity contribution is -0.117. The Kier molecular flexibility index (Phi) is 7.98. The summed E-state index contributed by atoms with van der Waals surface area (Å²) in [6, 6.07) is 20.2. The van der Waals surface area contributed by atoms with Crippen LogP contribution in [0, 0.1) is 13.8 Å². The van der Waals surface area contributed by atoms with Crippen LogP contribution in [0.3, 0.4) is 0 Å². The van der Waals surface area contributed by atoms with Crippen LogP contribution in [0.2, 0.25) is 0 Å². The van der Waals surface area contributed by atoms with Crippen LogP contribution in [0.5, 0.6) is 0 Å². The van der Waals surface area contributed by atoms with Gasteiger partial charge in [0.15, 0.2) is 0 Å². The largest absolute Gasteiger partial charge is 0.462 e. The quantitative estimate of drug-likeness (QED) is 0.470. The van der Waals surface area contributed by atoms with E-state index in [1.807, 2.05) is 50.2 Å². The molecule has 0 radical (unpaired) electrons. The Labute approximate surface area is 187 Å². The molecule has 2 aromatic carbocycles. The van der Waals surface area contributed by atoms with Gasteiger partial charge in [-0.15, -0.1) is 11.3 Å². The van der Waals surface area contributed by atoms with Crippen LogP contribution >= 0.6 is 11.3 Å². The molecule has 1 aromatic heterocycles. The van der Waals surface area contributed by atoms with Crippen LogP contribution in [-0.4, -0.2) is 29.9 Å². The van der Waals surface area contributed by atoms with Crippen LogP contribution in [0.1, 0.15) is 38.8 Å². The van der Waals surface area contributed by atoms with Crippen LogP contribution in [0.4, 0.5) is 5.00 Å². The summed E-state index contributed by atoms with van der Waals surface area (Å²) in [6.07, 6.45) is 0. The van der Waals surface area contributed by atoms with Crippen molar-refractivity contribution in [1.29, 1.82) is 0 Å². The SMILES string of the molecule is CCOC(=O)c1c(NC(=O)CN(Cc2ccccc2)Cc2ccccc2)sc(C)c1C. The lowest BCUT2D eigenvalue weighted by Gasteiger charge is -2.22.